The van der Waals surface area contributed by atoms with Crippen LogP contribution in [0.5, 0.6) is 5.75 Å². The summed E-state index contributed by atoms with van der Waals surface area (Å²) in [7, 11) is 1.67. The fourth-order valence-corrected chi connectivity index (χ4v) is 4.32. The van der Waals surface area contributed by atoms with Gasteiger partial charge >= 0.3 is 0 Å². The van der Waals surface area contributed by atoms with E-state index in [1.807, 2.05) is 24.4 Å². The molecule has 2 N–H and O–H groups in total. The Morgan fingerprint density at radius 2 is 1.93 bits per heavy atom. The molecule has 6 heteroatoms. The number of rotatable bonds is 7. The molecule has 1 fully saturated rings. The fourth-order valence-electron chi connectivity index (χ4n) is 4.32. The summed E-state index contributed by atoms with van der Waals surface area (Å²) in [5.74, 6) is 0.595. The van der Waals surface area contributed by atoms with Crippen molar-refractivity contribution < 1.29 is 14.2 Å². The van der Waals surface area contributed by atoms with Gasteiger partial charge < -0.3 is 9.84 Å². The highest BCUT2D eigenvalue weighted by molar-refractivity contribution is 5.62. The Hall–Kier alpha value is -2.70. The van der Waals surface area contributed by atoms with Crippen molar-refractivity contribution in [2.75, 3.05) is 26.8 Å². The molecule has 0 amide bonds. The molecule has 1 aromatic heterocycles. The molecule has 1 saturated heterocycles. The molecule has 158 valence electrons. The number of likely N-dealkylation sites (tertiary alicyclic amines) is 1. The van der Waals surface area contributed by atoms with Crippen molar-refractivity contribution in [1.29, 1.82) is 0 Å². The van der Waals surface area contributed by atoms with Gasteiger partial charge in [-0.2, -0.15) is 5.10 Å². The summed E-state index contributed by atoms with van der Waals surface area (Å²) in [4.78, 5) is 2.38. The molecule has 2 heterocycles. The number of hydrogen-bond acceptors (Lipinski definition) is 4. The van der Waals surface area contributed by atoms with Crippen LogP contribution in [0.2, 0.25) is 0 Å². The maximum absolute atomic E-state index is 13.6. The first kappa shape index (κ1) is 20.6. The third-order valence-corrected chi connectivity index (χ3v) is 6.22. The number of halogens is 1. The van der Waals surface area contributed by atoms with Gasteiger partial charge in [-0.1, -0.05) is 24.3 Å². The molecule has 0 spiro atoms. The van der Waals surface area contributed by atoms with Gasteiger partial charge in [-0.05, 0) is 67.6 Å². The van der Waals surface area contributed by atoms with Crippen molar-refractivity contribution in [2.24, 2.45) is 5.41 Å². The fraction of sp³-hybridized carbons (Fsp3) is 0.375. The quantitative estimate of drug-likeness (QED) is 0.618. The lowest BCUT2D eigenvalue weighted by molar-refractivity contribution is 0.0414. The summed E-state index contributed by atoms with van der Waals surface area (Å²) in [6, 6.07) is 14.7. The van der Waals surface area contributed by atoms with Crippen LogP contribution in [0.15, 0.2) is 54.7 Å². The first-order chi connectivity index (χ1) is 14.6. The van der Waals surface area contributed by atoms with E-state index in [1.54, 1.807) is 13.2 Å². The molecule has 0 atom stereocenters. The summed E-state index contributed by atoms with van der Waals surface area (Å²) in [5, 5.41) is 17.4. The molecular formula is C24H28FN3O2. The number of nitrogens with zero attached hydrogens (tertiary/aromatic N) is 2. The van der Waals surface area contributed by atoms with E-state index in [-0.39, 0.29) is 17.8 Å². The lowest BCUT2D eigenvalue weighted by Gasteiger charge is -2.41. The number of nitrogens with one attached hydrogen (secondary N) is 1. The highest BCUT2D eigenvalue weighted by Gasteiger charge is 2.34. The summed E-state index contributed by atoms with van der Waals surface area (Å²) in [6.07, 6.45) is 4.55. The second kappa shape index (κ2) is 8.98. The predicted octanol–water partition coefficient (Wildman–Crippen LogP) is 4.04. The van der Waals surface area contributed by atoms with Crippen LogP contribution >= 0.6 is 0 Å². The number of benzene rings is 2. The minimum absolute atomic E-state index is 0.0904. The summed E-state index contributed by atoms with van der Waals surface area (Å²) in [6.45, 7) is 2.76. The number of methoxy groups -OCH3 is 1. The molecule has 0 unspecified atom stereocenters. The normalized spacial score (nSPS) is 16.5. The van der Waals surface area contributed by atoms with Gasteiger partial charge in [0.2, 0.25) is 0 Å². The second-order valence-electron chi connectivity index (χ2n) is 8.24. The first-order valence-corrected chi connectivity index (χ1v) is 10.4. The zero-order valence-corrected chi connectivity index (χ0v) is 17.3. The van der Waals surface area contributed by atoms with Crippen molar-refractivity contribution in [3.8, 4) is 17.0 Å². The predicted molar refractivity (Wildman–Crippen MR) is 115 cm³/mol. The number of aromatic amines is 1. The smallest absolute Gasteiger partial charge is 0.123 e. The van der Waals surface area contributed by atoms with Gasteiger partial charge in [0, 0.05) is 24.3 Å². The Kier molecular flexibility index (Phi) is 6.16. The first-order valence-electron chi connectivity index (χ1n) is 10.4. The van der Waals surface area contributed by atoms with E-state index in [2.05, 4.69) is 27.2 Å². The van der Waals surface area contributed by atoms with E-state index >= 15 is 0 Å². The number of H-pyrrole nitrogens is 1. The van der Waals surface area contributed by atoms with Crippen LogP contribution in [0, 0.1) is 11.2 Å². The Bertz CT molecular complexity index is 963. The van der Waals surface area contributed by atoms with E-state index in [0.717, 1.165) is 61.5 Å². The molecule has 1 aliphatic heterocycles. The topological polar surface area (TPSA) is 61.4 Å². The number of aliphatic hydroxyl groups is 1. The van der Waals surface area contributed by atoms with Crippen molar-refractivity contribution in [3.05, 3.63) is 71.7 Å². The van der Waals surface area contributed by atoms with Crippen LogP contribution < -0.4 is 4.74 Å². The Balaban J connectivity index is 1.40. The molecule has 2 aromatic carbocycles. The molecule has 4 rings (SSSR count). The molecule has 30 heavy (non-hydrogen) atoms. The minimum atomic E-state index is -0.253. The van der Waals surface area contributed by atoms with E-state index in [4.69, 9.17) is 4.74 Å². The Labute approximate surface area is 176 Å². The lowest BCUT2D eigenvalue weighted by atomic mass is 9.74. The number of aliphatic hydroxyl groups excluding tert-OH is 1. The van der Waals surface area contributed by atoms with Crippen molar-refractivity contribution in [3.63, 3.8) is 0 Å². The summed E-state index contributed by atoms with van der Waals surface area (Å²) < 4.78 is 18.9. The van der Waals surface area contributed by atoms with E-state index in [1.165, 1.54) is 17.7 Å². The Morgan fingerprint density at radius 3 is 2.60 bits per heavy atom. The molecule has 3 aromatic rings. The number of piperidine rings is 1. The van der Waals surface area contributed by atoms with Gasteiger partial charge in [-0.3, -0.25) is 10.00 Å². The number of aromatic nitrogens is 2. The number of hydrogen-bond donors (Lipinski definition) is 2. The van der Waals surface area contributed by atoms with Crippen molar-refractivity contribution >= 4 is 0 Å². The van der Waals surface area contributed by atoms with Gasteiger partial charge in [0.15, 0.2) is 0 Å². The van der Waals surface area contributed by atoms with Gasteiger partial charge in [0.1, 0.15) is 11.6 Å². The summed E-state index contributed by atoms with van der Waals surface area (Å²) >= 11 is 0. The standard InChI is InChI=1S/C24H28FN3O2/c1-30-22-7-5-18(6-8-22)14-24(17-29)9-11-28(12-10-24)16-20-15-26-27-23(20)19-3-2-4-21(25)13-19/h2-8,13,15,29H,9-12,14,16-17H2,1H3,(H,26,27). The van der Waals surface area contributed by atoms with Crippen LogP contribution in [0.1, 0.15) is 24.0 Å². The van der Waals surface area contributed by atoms with E-state index in [9.17, 15) is 9.50 Å². The van der Waals surface area contributed by atoms with Gasteiger partial charge in [0.25, 0.3) is 0 Å². The molecule has 0 radical (unpaired) electrons. The van der Waals surface area contributed by atoms with Crippen molar-refractivity contribution in [1.82, 2.24) is 15.1 Å². The number of ether oxygens (including phenoxy) is 1. The largest absolute Gasteiger partial charge is 0.497 e. The minimum Gasteiger partial charge on any atom is -0.497 e. The molecule has 0 saturated carbocycles. The Morgan fingerprint density at radius 1 is 1.17 bits per heavy atom. The van der Waals surface area contributed by atoms with Crippen LogP contribution in [0.25, 0.3) is 11.3 Å². The van der Waals surface area contributed by atoms with Crippen LogP contribution in [-0.2, 0) is 13.0 Å². The van der Waals surface area contributed by atoms with Crippen LogP contribution in [0.4, 0.5) is 4.39 Å². The average Bonchev–Trinajstić information content (AvgIpc) is 3.24. The van der Waals surface area contributed by atoms with E-state index < -0.39 is 0 Å². The van der Waals surface area contributed by atoms with Crippen molar-refractivity contribution in [2.45, 2.75) is 25.8 Å². The third kappa shape index (κ3) is 4.55. The van der Waals surface area contributed by atoms with Crippen LogP contribution in [0.3, 0.4) is 0 Å². The maximum atomic E-state index is 13.6. The molecular weight excluding hydrogens is 381 g/mol. The summed E-state index contributed by atoms with van der Waals surface area (Å²) in [5.41, 5.74) is 3.87. The van der Waals surface area contributed by atoms with Crippen LogP contribution in [-0.4, -0.2) is 47.0 Å². The molecule has 0 bridgehead atoms. The highest BCUT2D eigenvalue weighted by atomic mass is 19.1. The molecule has 0 aliphatic carbocycles. The van der Waals surface area contributed by atoms with Gasteiger partial charge in [0.05, 0.1) is 19.0 Å². The van der Waals surface area contributed by atoms with Gasteiger partial charge in [-0.25, -0.2) is 4.39 Å². The average molecular weight is 410 g/mol. The lowest BCUT2D eigenvalue weighted by Crippen LogP contribution is -2.42. The third-order valence-electron chi connectivity index (χ3n) is 6.22. The maximum Gasteiger partial charge on any atom is 0.123 e. The van der Waals surface area contributed by atoms with E-state index in [0.29, 0.717) is 0 Å². The second-order valence-corrected chi connectivity index (χ2v) is 8.24. The zero-order chi connectivity index (χ0) is 21.0. The zero-order valence-electron chi connectivity index (χ0n) is 17.3. The SMILES string of the molecule is COc1ccc(CC2(CO)CCN(Cc3cn[nH]c3-c3cccc(F)c3)CC2)cc1. The molecule has 5 nitrogen and oxygen atoms in total. The highest BCUT2D eigenvalue weighted by Crippen LogP contribution is 2.36. The van der Waals surface area contributed by atoms with Gasteiger partial charge in [-0.15, -0.1) is 0 Å². The monoisotopic (exact) mass is 409 g/mol. The molecule has 1 aliphatic rings.